The van der Waals surface area contributed by atoms with Crippen LogP contribution < -0.4 is 0 Å². The van der Waals surface area contributed by atoms with Gasteiger partial charge in [-0.2, -0.15) is 0 Å². The maximum atomic E-state index is 12.5. The van der Waals surface area contributed by atoms with Gasteiger partial charge in [0.05, 0.1) is 18.7 Å². The molecule has 2 aromatic carbocycles. The molecule has 146 valence electrons. The number of benzene rings is 2. The molecule has 1 unspecified atom stereocenters. The number of ether oxygens (including phenoxy) is 1. The molecule has 1 aromatic heterocycles. The molecule has 29 heavy (non-hydrogen) atoms. The Morgan fingerprint density at radius 3 is 2.66 bits per heavy atom. The van der Waals surface area contributed by atoms with Gasteiger partial charge in [-0.3, -0.25) is 9.59 Å². The van der Waals surface area contributed by atoms with Crippen LogP contribution >= 0.6 is 0 Å². The lowest BCUT2D eigenvalue weighted by atomic mass is 9.94. The van der Waals surface area contributed by atoms with Gasteiger partial charge in [-0.15, -0.1) is 0 Å². The summed E-state index contributed by atoms with van der Waals surface area (Å²) in [6.07, 6.45) is 5.24. The highest BCUT2D eigenvalue weighted by Gasteiger charge is 2.28. The van der Waals surface area contributed by atoms with Gasteiger partial charge in [0.1, 0.15) is 0 Å². The van der Waals surface area contributed by atoms with E-state index in [1.165, 1.54) is 6.92 Å². The van der Waals surface area contributed by atoms with Crippen molar-refractivity contribution in [3.05, 3.63) is 84.0 Å². The second-order valence-corrected chi connectivity index (χ2v) is 6.74. The largest absolute Gasteiger partial charge is 0.456 e. The Bertz CT molecular complexity index is 1060. The van der Waals surface area contributed by atoms with Crippen molar-refractivity contribution in [2.75, 3.05) is 0 Å². The molecule has 1 aliphatic heterocycles. The minimum Gasteiger partial charge on any atom is -0.456 e. The molecular weight excluding hydrogens is 368 g/mol. The molecule has 4 rings (SSSR count). The molecule has 6 nitrogen and oxygen atoms in total. The van der Waals surface area contributed by atoms with E-state index in [0.717, 1.165) is 16.7 Å². The molecule has 0 saturated carbocycles. The van der Waals surface area contributed by atoms with Gasteiger partial charge in [-0.1, -0.05) is 54.6 Å². The van der Waals surface area contributed by atoms with E-state index >= 15 is 0 Å². The van der Waals surface area contributed by atoms with Crippen LogP contribution in [0.5, 0.6) is 0 Å². The summed E-state index contributed by atoms with van der Waals surface area (Å²) in [5.41, 5.74) is 2.81. The number of fused-ring (bicyclic) bond motifs is 1. The third-order valence-electron chi connectivity index (χ3n) is 4.80. The number of rotatable bonds is 5. The Balaban J connectivity index is 1.42. The van der Waals surface area contributed by atoms with E-state index in [0.29, 0.717) is 11.7 Å². The Labute approximate surface area is 168 Å². The maximum absolute atomic E-state index is 12.5. The zero-order chi connectivity index (χ0) is 20.2. The third kappa shape index (κ3) is 4.11. The van der Waals surface area contributed by atoms with Crippen LogP contribution in [0.4, 0.5) is 0 Å². The van der Waals surface area contributed by atoms with Crippen molar-refractivity contribution >= 4 is 18.0 Å². The van der Waals surface area contributed by atoms with Crippen molar-refractivity contribution in [3.8, 4) is 11.3 Å². The highest BCUT2D eigenvalue weighted by atomic mass is 16.5. The zero-order valence-corrected chi connectivity index (χ0v) is 15.9. The van der Waals surface area contributed by atoms with E-state index in [1.807, 2.05) is 60.7 Å². The summed E-state index contributed by atoms with van der Waals surface area (Å²) in [6.45, 7) is 1.42. The van der Waals surface area contributed by atoms with Gasteiger partial charge in [0.25, 0.3) is 0 Å². The summed E-state index contributed by atoms with van der Waals surface area (Å²) < 4.78 is 11.0. The standard InChI is InChI=1S/C23H20N2O4/c1-16(26)25-12-11-17-7-5-6-10-19(17)20(25)13-23(27)28-15-22-24-14-21(29-22)18-8-3-2-4-9-18/h2-12,14,20H,13,15H2,1H3. The lowest BCUT2D eigenvalue weighted by molar-refractivity contribution is -0.147. The molecule has 3 aromatic rings. The molecule has 0 fully saturated rings. The highest BCUT2D eigenvalue weighted by molar-refractivity contribution is 5.80. The van der Waals surface area contributed by atoms with Gasteiger partial charge < -0.3 is 14.1 Å². The summed E-state index contributed by atoms with van der Waals surface area (Å²) in [6, 6.07) is 16.9. The summed E-state index contributed by atoms with van der Waals surface area (Å²) in [7, 11) is 0. The number of hydrogen-bond donors (Lipinski definition) is 0. The van der Waals surface area contributed by atoms with E-state index in [9.17, 15) is 9.59 Å². The first-order valence-corrected chi connectivity index (χ1v) is 9.33. The lowest BCUT2D eigenvalue weighted by Crippen LogP contribution is -2.32. The second-order valence-electron chi connectivity index (χ2n) is 6.74. The quantitative estimate of drug-likeness (QED) is 0.608. The van der Waals surface area contributed by atoms with Gasteiger partial charge in [0.2, 0.25) is 11.8 Å². The van der Waals surface area contributed by atoms with Crippen molar-refractivity contribution in [2.45, 2.75) is 26.0 Å². The summed E-state index contributed by atoms with van der Waals surface area (Å²) in [5, 5.41) is 0. The summed E-state index contributed by atoms with van der Waals surface area (Å²) in [4.78, 5) is 30.2. The van der Waals surface area contributed by atoms with Crippen LogP contribution in [0.15, 0.2) is 71.4 Å². The minimum atomic E-state index is -0.425. The van der Waals surface area contributed by atoms with Crippen LogP contribution in [0.25, 0.3) is 17.4 Å². The van der Waals surface area contributed by atoms with Crippen LogP contribution in [-0.2, 0) is 20.9 Å². The molecule has 1 atom stereocenters. The molecular formula is C23H20N2O4. The van der Waals surface area contributed by atoms with Crippen LogP contribution in [0.2, 0.25) is 0 Å². The Hall–Kier alpha value is -3.67. The van der Waals surface area contributed by atoms with Crippen molar-refractivity contribution in [1.82, 2.24) is 9.88 Å². The fourth-order valence-corrected chi connectivity index (χ4v) is 3.39. The third-order valence-corrected chi connectivity index (χ3v) is 4.80. The first-order valence-electron chi connectivity index (χ1n) is 9.33. The fourth-order valence-electron chi connectivity index (χ4n) is 3.39. The first-order chi connectivity index (χ1) is 14.1. The Morgan fingerprint density at radius 2 is 1.86 bits per heavy atom. The molecule has 0 N–H and O–H groups in total. The number of amides is 1. The van der Waals surface area contributed by atoms with Crippen LogP contribution in [0, 0.1) is 0 Å². The molecule has 0 saturated heterocycles. The number of carbonyl (C=O) groups is 2. The topological polar surface area (TPSA) is 72.6 Å². The number of esters is 1. The number of carbonyl (C=O) groups excluding carboxylic acids is 2. The van der Waals surface area contributed by atoms with E-state index in [2.05, 4.69) is 4.98 Å². The van der Waals surface area contributed by atoms with Crippen molar-refractivity contribution in [3.63, 3.8) is 0 Å². The smallest absolute Gasteiger partial charge is 0.308 e. The van der Waals surface area contributed by atoms with Crippen LogP contribution in [0.1, 0.15) is 36.4 Å². The van der Waals surface area contributed by atoms with E-state index < -0.39 is 12.0 Å². The van der Waals surface area contributed by atoms with Gasteiger partial charge in [-0.05, 0) is 17.2 Å². The van der Waals surface area contributed by atoms with E-state index in [-0.39, 0.29) is 18.9 Å². The van der Waals surface area contributed by atoms with Crippen molar-refractivity contribution in [2.24, 2.45) is 0 Å². The Kier molecular flexibility index (Phi) is 5.24. The number of oxazole rings is 1. The van der Waals surface area contributed by atoms with Gasteiger partial charge in [-0.25, -0.2) is 4.98 Å². The SMILES string of the molecule is CC(=O)N1C=Cc2ccccc2C1CC(=O)OCc1ncc(-c2ccccc2)o1. The highest BCUT2D eigenvalue weighted by Crippen LogP contribution is 2.33. The molecule has 2 heterocycles. The monoisotopic (exact) mass is 388 g/mol. The lowest BCUT2D eigenvalue weighted by Gasteiger charge is -2.32. The first kappa shape index (κ1) is 18.7. The molecule has 1 amide bonds. The number of nitrogens with zero attached hydrogens (tertiary/aromatic N) is 2. The van der Waals surface area contributed by atoms with Crippen molar-refractivity contribution in [1.29, 1.82) is 0 Å². The predicted molar refractivity (Wildman–Crippen MR) is 107 cm³/mol. The van der Waals surface area contributed by atoms with Gasteiger partial charge in [0.15, 0.2) is 12.4 Å². The normalized spacial score (nSPS) is 15.1. The maximum Gasteiger partial charge on any atom is 0.308 e. The molecule has 6 heteroatoms. The van der Waals surface area contributed by atoms with Gasteiger partial charge in [0, 0.05) is 18.7 Å². The predicted octanol–water partition coefficient (Wildman–Crippen LogP) is 4.35. The molecule has 1 aliphatic rings. The van der Waals surface area contributed by atoms with Crippen LogP contribution in [-0.4, -0.2) is 21.8 Å². The average Bonchev–Trinajstić information content (AvgIpc) is 3.22. The molecule has 0 spiro atoms. The summed E-state index contributed by atoms with van der Waals surface area (Å²) in [5.74, 6) is 0.384. The number of aromatic nitrogens is 1. The Morgan fingerprint density at radius 1 is 1.10 bits per heavy atom. The number of hydrogen-bond acceptors (Lipinski definition) is 5. The minimum absolute atomic E-state index is 0.0488. The van der Waals surface area contributed by atoms with Crippen molar-refractivity contribution < 1.29 is 18.7 Å². The van der Waals surface area contributed by atoms with E-state index in [4.69, 9.17) is 9.15 Å². The molecule has 0 radical (unpaired) electrons. The fraction of sp³-hybridized carbons (Fsp3) is 0.174. The average molecular weight is 388 g/mol. The van der Waals surface area contributed by atoms with Crippen LogP contribution in [0.3, 0.4) is 0 Å². The summed E-state index contributed by atoms with van der Waals surface area (Å²) >= 11 is 0. The molecule has 0 bridgehead atoms. The molecule has 0 aliphatic carbocycles. The zero-order valence-electron chi connectivity index (χ0n) is 15.9. The van der Waals surface area contributed by atoms with Gasteiger partial charge >= 0.3 is 5.97 Å². The second kappa shape index (κ2) is 8.14. The van der Waals surface area contributed by atoms with E-state index in [1.54, 1.807) is 17.3 Å².